The van der Waals surface area contributed by atoms with Gasteiger partial charge in [0.25, 0.3) is 0 Å². The van der Waals surface area contributed by atoms with E-state index in [1.807, 2.05) is 0 Å². The smallest absolute Gasteiger partial charge is 0.339 e. The third-order valence-corrected chi connectivity index (χ3v) is 3.76. The molecule has 1 aromatic carbocycles. The Kier molecular flexibility index (Phi) is 2.23. The molecule has 5 nitrogen and oxygen atoms in total. The van der Waals surface area contributed by atoms with Crippen LogP contribution in [-0.4, -0.2) is 26.6 Å². The highest BCUT2D eigenvalue weighted by Gasteiger charge is 2.33. The monoisotopic (exact) mass is 240 g/mol. The van der Waals surface area contributed by atoms with Crippen molar-refractivity contribution in [2.24, 2.45) is 0 Å². The van der Waals surface area contributed by atoms with E-state index < -0.39 is 15.8 Å². The van der Waals surface area contributed by atoms with E-state index in [9.17, 15) is 18.3 Å². The zero-order chi connectivity index (χ0) is 11.9. The molecule has 0 aromatic heterocycles. The fraction of sp³-hybridized carbons (Fsp3) is 0.100. The maximum atomic E-state index is 11.6. The van der Waals surface area contributed by atoms with E-state index in [2.05, 4.69) is 4.74 Å². The number of phenols is 1. The summed E-state index contributed by atoms with van der Waals surface area (Å²) in [7, 11) is -2.51. The number of aromatic hydroxyl groups is 1. The highest BCUT2D eigenvalue weighted by molar-refractivity contribution is 7.95. The Morgan fingerprint density at radius 1 is 1.38 bits per heavy atom. The fourth-order valence-electron chi connectivity index (χ4n) is 1.57. The lowest BCUT2D eigenvalue weighted by Gasteiger charge is -2.04. The molecule has 0 aliphatic carbocycles. The number of ether oxygens (including phenoxy) is 1. The molecule has 0 saturated carbocycles. The van der Waals surface area contributed by atoms with Crippen LogP contribution in [0.25, 0.3) is 5.57 Å². The zero-order valence-electron chi connectivity index (χ0n) is 8.30. The molecule has 0 spiro atoms. The predicted octanol–water partition coefficient (Wildman–Crippen LogP) is 0.693. The third kappa shape index (κ3) is 1.38. The first-order valence-electron chi connectivity index (χ1n) is 4.35. The van der Waals surface area contributed by atoms with Crippen LogP contribution in [0, 0.1) is 0 Å². The molecule has 2 rings (SSSR count). The van der Waals surface area contributed by atoms with Crippen molar-refractivity contribution in [2.45, 2.75) is 4.90 Å². The van der Waals surface area contributed by atoms with Crippen LogP contribution in [0.3, 0.4) is 0 Å². The van der Waals surface area contributed by atoms with Crippen LogP contribution in [0.2, 0.25) is 0 Å². The predicted molar refractivity (Wildman–Crippen MR) is 55.3 cm³/mol. The number of carbonyl (C=O) groups is 1. The molecule has 0 radical (unpaired) electrons. The molecule has 16 heavy (non-hydrogen) atoms. The van der Waals surface area contributed by atoms with Gasteiger partial charge in [-0.25, -0.2) is 13.2 Å². The molecule has 1 heterocycles. The van der Waals surface area contributed by atoms with Gasteiger partial charge >= 0.3 is 5.97 Å². The molecule has 0 bridgehead atoms. The van der Waals surface area contributed by atoms with Crippen molar-refractivity contribution in [3.05, 3.63) is 29.2 Å². The first-order chi connectivity index (χ1) is 7.47. The van der Waals surface area contributed by atoms with Crippen molar-refractivity contribution in [3.63, 3.8) is 0 Å². The number of hydrogen-bond acceptors (Lipinski definition) is 5. The zero-order valence-corrected chi connectivity index (χ0v) is 9.11. The van der Waals surface area contributed by atoms with Crippen LogP contribution in [0.4, 0.5) is 0 Å². The quantitative estimate of drug-likeness (QED) is 0.730. The summed E-state index contributed by atoms with van der Waals surface area (Å²) in [4.78, 5) is 11.3. The highest BCUT2D eigenvalue weighted by atomic mass is 32.2. The maximum Gasteiger partial charge on any atom is 0.339 e. The summed E-state index contributed by atoms with van der Waals surface area (Å²) in [5, 5.41) is 10.4. The Morgan fingerprint density at radius 3 is 2.69 bits per heavy atom. The average molecular weight is 240 g/mol. The van der Waals surface area contributed by atoms with Gasteiger partial charge in [0.15, 0.2) is 0 Å². The summed E-state index contributed by atoms with van der Waals surface area (Å²) < 4.78 is 27.7. The molecule has 1 N–H and O–H groups in total. The van der Waals surface area contributed by atoms with Crippen LogP contribution in [0.5, 0.6) is 5.75 Å². The Labute approximate surface area is 91.9 Å². The van der Waals surface area contributed by atoms with Gasteiger partial charge in [-0.05, 0) is 12.1 Å². The van der Waals surface area contributed by atoms with Crippen molar-refractivity contribution >= 4 is 21.4 Å². The summed E-state index contributed by atoms with van der Waals surface area (Å²) in [6, 6.07) is 4.05. The number of methoxy groups -OCH3 is 1. The van der Waals surface area contributed by atoms with Crippen LogP contribution >= 0.6 is 0 Å². The Bertz CT molecular complexity index is 598. The number of hydrogen-bond donors (Lipinski definition) is 1. The van der Waals surface area contributed by atoms with Crippen molar-refractivity contribution in [1.29, 1.82) is 0 Å². The second kappa shape index (κ2) is 3.34. The molecule has 84 valence electrons. The molecule has 1 aliphatic heterocycles. The van der Waals surface area contributed by atoms with Crippen LogP contribution in [0.1, 0.15) is 5.56 Å². The van der Waals surface area contributed by atoms with Gasteiger partial charge < -0.3 is 9.84 Å². The van der Waals surface area contributed by atoms with Crippen molar-refractivity contribution in [3.8, 4) is 5.75 Å². The first kappa shape index (κ1) is 10.7. The summed E-state index contributed by atoms with van der Waals surface area (Å²) in [6.45, 7) is 0. The molecule has 0 unspecified atom stereocenters. The van der Waals surface area contributed by atoms with Crippen LogP contribution < -0.4 is 0 Å². The van der Waals surface area contributed by atoms with Crippen LogP contribution in [0.15, 0.2) is 28.5 Å². The number of phenolic OH excluding ortho intramolecular Hbond substituents is 1. The van der Waals surface area contributed by atoms with Gasteiger partial charge in [-0.3, -0.25) is 0 Å². The second-order valence-corrected chi connectivity index (χ2v) is 4.98. The van der Waals surface area contributed by atoms with Gasteiger partial charge in [0.1, 0.15) is 5.75 Å². The van der Waals surface area contributed by atoms with Gasteiger partial charge in [-0.2, -0.15) is 0 Å². The molecule has 0 amide bonds. The van der Waals surface area contributed by atoms with Gasteiger partial charge in [-0.15, -0.1) is 0 Å². The molecule has 0 saturated heterocycles. The standard InChI is InChI=1S/C10H8O5S/c1-15-10(12)6-5-16(13,14)8-4-2-3-7(11)9(6)8/h2-5,11H,1H3. The minimum absolute atomic E-state index is 0.00866. The summed E-state index contributed by atoms with van der Waals surface area (Å²) >= 11 is 0. The fourth-order valence-corrected chi connectivity index (χ4v) is 2.98. The summed E-state index contributed by atoms with van der Waals surface area (Å²) in [6.07, 6.45) is 0. The van der Waals surface area contributed by atoms with E-state index in [0.29, 0.717) is 0 Å². The van der Waals surface area contributed by atoms with Gasteiger partial charge in [0.2, 0.25) is 9.84 Å². The Hall–Kier alpha value is -1.82. The minimum atomic E-state index is -3.66. The Balaban J connectivity index is 2.77. The lowest BCUT2D eigenvalue weighted by Crippen LogP contribution is -2.02. The van der Waals surface area contributed by atoms with Crippen molar-refractivity contribution < 1.29 is 23.1 Å². The molecular weight excluding hydrogens is 232 g/mol. The number of rotatable bonds is 1. The molecular formula is C10H8O5S. The van der Waals surface area contributed by atoms with E-state index in [4.69, 9.17) is 0 Å². The average Bonchev–Trinajstić information content (AvgIpc) is 2.52. The van der Waals surface area contributed by atoms with E-state index in [1.165, 1.54) is 18.2 Å². The maximum absolute atomic E-state index is 11.6. The number of fused-ring (bicyclic) bond motifs is 1. The lowest BCUT2D eigenvalue weighted by atomic mass is 10.1. The van der Waals surface area contributed by atoms with Crippen molar-refractivity contribution in [2.75, 3.05) is 7.11 Å². The first-order valence-corrected chi connectivity index (χ1v) is 5.89. The second-order valence-electron chi connectivity index (χ2n) is 3.22. The van der Waals surface area contributed by atoms with E-state index in [0.717, 1.165) is 12.5 Å². The lowest BCUT2D eigenvalue weighted by molar-refractivity contribution is -0.133. The summed E-state index contributed by atoms with van der Waals surface area (Å²) in [5.74, 6) is -1.04. The molecule has 6 heteroatoms. The van der Waals surface area contributed by atoms with E-state index >= 15 is 0 Å². The minimum Gasteiger partial charge on any atom is -0.507 e. The number of carbonyl (C=O) groups excluding carboxylic acids is 1. The number of esters is 1. The van der Waals surface area contributed by atoms with Crippen LogP contribution in [-0.2, 0) is 19.4 Å². The largest absolute Gasteiger partial charge is 0.507 e. The van der Waals surface area contributed by atoms with E-state index in [1.54, 1.807) is 0 Å². The molecule has 0 fully saturated rings. The van der Waals surface area contributed by atoms with Gasteiger partial charge in [-0.1, -0.05) is 6.07 Å². The van der Waals surface area contributed by atoms with Crippen molar-refractivity contribution in [1.82, 2.24) is 0 Å². The molecule has 0 atom stereocenters. The number of sulfone groups is 1. The SMILES string of the molecule is COC(=O)C1=CS(=O)(=O)c2cccc(O)c21. The Morgan fingerprint density at radius 2 is 2.06 bits per heavy atom. The molecule has 1 aliphatic rings. The third-order valence-electron chi connectivity index (χ3n) is 2.26. The normalized spacial score (nSPS) is 16.4. The summed E-state index contributed by atoms with van der Waals surface area (Å²) in [5.41, 5.74) is -0.134. The van der Waals surface area contributed by atoms with Gasteiger partial charge in [0, 0.05) is 0 Å². The number of benzene rings is 1. The van der Waals surface area contributed by atoms with Gasteiger partial charge in [0.05, 0.1) is 28.5 Å². The van der Waals surface area contributed by atoms with E-state index in [-0.39, 0.29) is 21.8 Å². The molecule has 1 aromatic rings. The highest BCUT2D eigenvalue weighted by Crippen LogP contribution is 2.39. The topological polar surface area (TPSA) is 80.7 Å².